The molecule has 0 spiro atoms. The van der Waals surface area contributed by atoms with Crippen LogP contribution >= 0.6 is 0 Å². The molecule has 0 fully saturated rings. The zero-order valence-electron chi connectivity index (χ0n) is 10.8. The molecule has 0 aromatic heterocycles. The fourth-order valence-electron chi connectivity index (χ4n) is 1.61. The van der Waals surface area contributed by atoms with Crippen LogP contribution in [0.4, 0.5) is 23.7 Å². The number of halogens is 3. The monoisotopic (exact) mass is 290 g/mol. The summed E-state index contributed by atoms with van der Waals surface area (Å²) >= 11 is 0. The van der Waals surface area contributed by atoms with Gasteiger partial charge < -0.3 is 15.3 Å². The van der Waals surface area contributed by atoms with Crippen molar-refractivity contribution < 1.29 is 27.9 Å². The van der Waals surface area contributed by atoms with Gasteiger partial charge >= 0.3 is 12.0 Å². The molecule has 1 rings (SSSR count). The third-order valence-corrected chi connectivity index (χ3v) is 2.69. The second-order valence-corrected chi connectivity index (χ2v) is 4.05. The topological polar surface area (TPSA) is 69.6 Å². The third-order valence-electron chi connectivity index (χ3n) is 2.69. The molecule has 1 unspecified atom stereocenters. The Bertz CT molecular complexity index is 537. The van der Waals surface area contributed by atoms with Crippen LogP contribution in [0.25, 0.3) is 0 Å². The van der Waals surface area contributed by atoms with E-state index < -0.39 is 41.2 Å². The summed E-state index contributed by atoms with van der Waals surface area (Å²) in [5, 5.41) is 10.8. The lowest BCUT2D eigenvalue weighted by Gasteiger charge is -2.24. The molecular formula is C12H13F3N2O3. The first-order chi connectivity index (χ1) is 9.27. The standard InChI is InChI=1S/C12H13F3N2O3/c1-3-9(11(18)19)17(2)12(20)16-8-5-6(13)4-7(14)10(8)15/h4-5,9H,3H2,1-2H3,(H,16,20)(H,18,19). The van der Waals surface area contributed by atoms with Gasteiger partial charge in [0.15, 0.2) is 11.6 Å². The first kappa shape index (κ1) is 15.8. The summed E-state index contributed by atoms with van der Waals surface area (Å²) in [6.45, 7) is 1.55. The second kappa shape index (κ2) is 6.27. The Morgan fingerprint density at radius 3 is 2.45 bits per heavy atom. The number of carbonyl (C=O) groups is 2. The maximum Gasteiger partial charge on any atom is 0.326 e. The highest BCUT2D eigenvalue weighted by Gasteiger charge is 2.25. The largest absolute Gasteiger partial charge is 0.480 e. The van der Waals surface area contributed by atoms with Crippen molar-refractivity contribution in [1.82, 2.24) is 4.90 Å². The SMILES string of the molecule is CCC(C(=O)O)N(C)C(=O)Nc1cc(F)cc(F)c1F. The number of amides is 2. The average molecular weight is 290 g/mol. The predicted octanol–water partition coefficient (Wildman–Crippen LogP) is 2.43. The van der Waals surface area contributed by atoms with E-state index in [1.54, 1.807) is 6.92 Å². The highest BCUT2D eigenvalue weighted by molar-refractivity contribution is 5.92. The van der Waals surface area contributed by atoms with Gasteiger partial charge in [0.1, 0.15) is 11.9 Å². The van der Waals surface area contributed by atoms with Gasteiger partial charge in [0.2, 0.25) is 0 Å². The molecule has 2 N–H and O–H groups in total. The van der Waals surface area contributed by atoms with E-state index in [2.05, 4.69) is 0 Å². The Morgan fingerprint density at radius 1 is 1.35 bits per heavy atom. The van der Waals surface area contributed by atoms with Crippen LogP contribution in [0.5, 0.6) is 0 Å². The van der Waals surface area contributed by atoms with Crippen molar-refractivity contribution in [3.05, 3.63) is 29.6 Å². The van der Waals surface area contributed by atoms with Crippen molar-refractivity contribution in [3.8, 4) is 0 Å². The molecule has 5 nitrogen and oxygen atoms in total. The average Bonchev–Trinajstić information content (AvgIpc) is 2.35. The van der Waals surface area contributed by atoms with E-state index in [-0.39, 0.29) is 6.42 Å². The predicted molar refractivity (Wildman–Crippen MR) is 64.8 cm³/mol. The lowest BCUT2D eigenvalue weighted by atomic mass is 10.2. The van der Waals surface area contributed by atoms with Crippen molar-refractivity contribution in [2.45, 2.75) is 19.4 Å². The quantitative estimate of drug-likeness (QED) is 0.837. The van der Waals surface area contributed by atoms with Crippen molar-refractivity contribution in [1.29, 1.82) is 0 Å². The lowest BCUT2D eigenvalue weighted by Crippen LogP contribution is -2.44. The summed E-state index contributed by atoms with van der Waals surface area (Å²) in [6, 6.07) is -1.17. The highest BCUT2D eigenvalue weighted by Crippen LogP contribution is 2.19. The number of aliphatic carboxylic acids is 1. The summed E-state index contributed by atoms with van der Waals surface area (Å²) in [7, 11) is 1.19. The van der Waals surface area contributed by atoms with Gasteiger partial charge in [0.05, 0.1) is 5.69 Å². The molecule has 0 bridgehead atoms. The number of anilines is 1. The van der Waals surface area contributed by atoms with Crippen molar-refractivity contribution in [3.63, 3.8) is 0 Å². The summed E-state index contributed by atoms with van der Waals surface area (Å²) in [5.41, 5.74) is -0.695. The number of urea groups is 1. The lowest BCUT2D eigenvalue weighted by molar-refractivity contribution is -0.141. The molecule has 0 heterocycles. The smallest absolute Gasteiger partial charge is 0.326 e. The van der Waals surface area contributed by atoms with E-state index in [9.17, 15) is 22.8 Å². The van der Waals surface area contributed by atoms with Gasteiger partial charge in [-0.3, -0.25) is 0 Å². The van der Waals surface area contributed by atoms with E-state index in [0.29, 0.717) is 12.1 Å². The number of hydrogen-bond acceptors (Lipinski definition) is 2. The molecule has 8 heteroatoms. The first-order valence-corrected chi connectivity index (χ1v) is 5.69. The van der Waals surface area contributed by atoms with E-state index in [1.807, 2.05) is 5.32 Å². The minimum absolute atomic E-state index is 0.124. The van der Waals surface area contributed by atoms with Crippen LogP contribution in [-0.2, 0) is 4.79 Å². The maximum atomic E-state index is 13.4. The van der Waals surface area contributed by atoms with Crippen LogP contribution in [-0.4, -0.2) is 35.1 Å². The van der Waals surface area contributed by atoms with E-state index in [0.717, 1.165) is 4.90 Å². The van der Waals surface area contributed by atoms with Crippen molar-refractivity contribution in [2.75, 3.05) is 12.4 Å². The molecule has 0 aliphatic heterocycles. The van der Waals surface area contributed by atoms with Crippen LogP contribution in [0.15, 0.2) is 12.1 Å². The Labute approximate surface area is 113 Å². The van der Waals surface area contributed by atoms with Gasteiger partial charge in [-0.15, -0.1) is 0 Å². The number of nitrogens with one attached hydrogen (secondary N) is 1. The molecule has 0 saturated heterocycles. The van der Waals surface area contributed by atoms with E-state index in [1.165, 1.54) is 7.05 Å². The van der Waals surface area contributed by atoms with Gasteiger partial charge in [0.25, 0.3) is 0 Å². The molecule has 0 aliphatic rings. The summed E-state index contributed by atoms with van der Waals surface area (Å²) < 4.78 is 39.3. The third kappa shape index (κ3) is 3.40. The molecule has 1 aromatic rings. The van der Waals surface area contributed by atoms with Crippen LogP contribution in [0.2, 0.25) is 0 Å². The highest BCUT2D eigenvalue weighted by atomic mass is 19.2. The second-order valence-electron chi connectivity index (χ2n) is 4.05. The number of carboxylic acids is 1. The zero-order chi connectivity index (χ0) is 15.4. The molecule has 0 aliphatic carbocycles. The Hall–Kier alpha value is -2.25. The van der Waals surface area contributed by atoms with Crippen LogP contribution in [0.3, 0.4) is 0 Å². The van der Waals surface area contributed by atoms with Gasteiger partial charge in [0, 0.05) is 19.2 Å². The minimum Gasteiger partial charge on any atom is -0.480 e. The molecule has 1 atom stereocenters. The molecule has 0 saturated carbocycles. The van der Waals surface area contributed by atoms with Crippen LogP contribution < -0.4 is 5.32 Å². The number of likely N-dealkylation sites (N-methyl/N-ethyl adjacent to an activating group) is 1. The first-order valence-electron chi connectivity index (χ1n) is 5.69. The molecular weight excluding hydrogens is 277 g/mol. The number of benzene rings is 1. The van der Waals surface area contributed by atoms with Gasteiger partial charge in [-0.05, 0) is 6.42 Å². The number of nitrogens with zero attached hydrogens (tertiary/aromatic N) is 1. The fourth-order valence-corrected chi connectivity index (χ4v) is 1.61. The van der Waals surface area contributed by atoms with E-state index >= 15 is 0 Å². The normalized spacial score (nSPS) is 11.8. The number of carboxylic acid groups (broad SMARTS) is 1. The summed E-state index contributed by atoms with van der Waals surface area (Å²) in [5.74, 6) is -5.17. The molecule has 0 radical (unpaired) electrons. The van der Waals surface area contributed by atoms with Crippen molar-refractivity contribution in [2.24, 2.45) is 0 Å². The summed E-state index contributed by atoms with van der Waals surface area (Å²) in [6.07, 6.45) is 0.124. The van der Waals surface area contributed by atoms with Crippen LogP contribution in [0.1, 0.15) is 13.3 Å². The fraction of sp³-hybridized carbons (Fsp3) is 0.333. The van der Waals surface area contributed by atoms with Gasteiger partial charge in [-0.25, -0.2) is 22.8 Å². The molecule has 110 valence electrons. The van der Waals surface area contributed by atoms with Gasteiger partial charge in [-0.2, -0.15) is 0 Å². The maximum absolute atomic E-state index is 13.4. The number of hydrogen-bond donors (Lipinski definition) is 2. The molecule has 1 aromatic carbocycles. The summed E-state index contributed by atoms with van der Waals surface area (Å²) in [4.78, 5) is 23.4. The number of carbonyl (C=O) groups excluding carboxylic acids is 1. The van der Waals surface area contributed by atoms with Gasteiger partial charge in [-0.1, -0.05) is 6.92 Å². The van der Waals surface area contributed by atoms with Crippen molar-refractivity contribution >= 4 is 17.7 Å². The molecule has 2 amide bonds. The minimum atomic E-state index is -1.45. The van der Waals surface area contributed by atoms with Crippen LogP contribution in [0, 0.1) is 17.5 Å². The Kier molecular flexibility index (Phi) is 4.95. The number of rotatable bonds is 4. The molecule has 20 heavy (non-hydrogen) atoms. The Balaban J connectivity index is 2.93. The Morgan fingerprint density at radius 2 is 1.95 bits per heavy atom. The van der Waals surface area contributed by atoms with E-state index in [4.69, 9.17) is 5.11 Å². The zero-order valence-corrected chi connectivity index (χ0v) is 10.8.